The van der Waals surface area contributed by atoms with E-state index in [1.807, 2.05) is 48.5 Å². The van der Waals surface area contributed by atoms with Crippen LogP contribution in [0.2, 0.25) is 5.02 Å². The standard InChI is InChI=1S/C16H14BrClN2OS/c17-14-3-1-2-13(8-14)9-19-20-16(21)11-22-10-12-4-6-15(18)7-5-12/h1-9H,10-11H2,(H,20,21). The number of carbonyl (C=O) groups is 1. The predicted molar refractivity (Wildman–Crippen MR) is 97.5 cm³/mol. The monoisotopic (exact) mass is 396 g/mol. The fraction of sp³-hybridized carbons (Fsp3) is 0.125. The number of rotatable bonds is 6. The molecule has 0 radical (unpaired) electrons. The minimum atomic E-state index is -0.120. The second-order valence-corrected chi connectivity index (χ2v) is 6.81. The van der Waals surface area contributed by atoms with E-state index in [9.17, 15) is 4.79 Å². The Morgan fingerprint density at radius 1 is 1.27 bits per heavy atom. The van der Waals surface area contributed by atoms with Crippen molar-refractivity contribution in [2.24, 2.45) is 5.10 Å². The minimum Gasteiger partial charge on any atom is -0.272 e. The van der Waals surface area contributed by atoms with Crippen LogP contribution < -0.4 is 5.43 Å². The predicted octanol–water partition coefficient (Wildman–Crippen LogP) is 4.49. The second-order valence-electron chi connectivity index (χ2n) is 4.47. The van der Waals surface area contributed by atoms with E-state index in [4.69, 9.17) is 11.6 Å². The van der Waals surface area contributed by atoms with Crippen molar-refractivity contribution >= 4 is 51.4 Å². The Morgan fingerprint density at radius 3 is 2.77 bits per heavy atom. The Kier molecular flexibility index (Phi) is 6.96. The molecule has 0 bridgehead atoms. The summed E-state index contributed by atoms with van der Waals surface area (Å²) in [5.74, 6) is 1.00. The molecule has 0 atom stereocenters. The number of thioether (sulfide) groups is 1. The summed E-state index contributed by atoms with van der Waals surface area (Å²) < 4.78 is 0.973. The summed E-state index contributed by atoms with van der Waals surface area (Å²) in [7, 11) is 0. The fourth-order valence-electron chi connectivity index (χ4n) is 1.64. The summed E-state index contributed by atoms with van der Waals surface area (Å²) in [6, 6.07) is 15.3. The first kappa shape index (κ1) is 17.1. The number of hydrazone groups is 1. The molecule has 1 N–H and O–H groups in total. The largest absolute Gasteiger partial charge is 0.272 e. The molecule has 0 fully saturated rings. The Labute approximate surface area is 147 Å². The van der Waals surface area contributed by atoms with E-state index in [1.165, 1.54) is 11.8 Å². The summed E-state index contributed by atoms with van der Waals surface area (Å²) in [5, 5.41) is 4.66. The van der Waals surface area contributed by atoms with Gasteiger partial charge in [0.2, 0.25) is 5.91 Å². The third kappa shape index (κ3) is 6.22. The van der Waals surface area contributed by atoms with Crippen LogP contribution >= 0.6 is 39.3 Å². The molecule has 0 spiro atoms. The van der Waals surface area contributed by atoms with Crippen LogP contribution in [0.4, 0.5) is 0 Å². The van der Waals surface area contributed by atoms with Gasteiger partial charge >= 0.3 is 0 Å². The zero-order valence-electron chi connectivity index (χ0n) is 11.6. The number of halogens is 2. The van der Waals surface area contributed by atoms with Crippen LogP contribution in [-0.2, 0) is 10.5 Å². The SMILES string of the molecule is O=C(CSCc1ccc(Cl)cc1)NN=Cc1cccc(Br)c1. The number of nitrogens with zero attached hydrogens (tertiary/aromatic N) is 1. The maximum atomic E-state index is 11.7. The highest BCUT2D eigenvalue weighted by Crippen LogP contribution is 2.15. The van der Waals surface area contributed by atoms with E-state index in [1.54, 1.807) is 6.21 Å². The average Bonchev–Trinajstić information content (AvgIpc) is 2.49. The number of carbonyl (C=O) groups excluding carboxylic acids is 1. The highest BCUT2D eigenvalue weighted by Gasteiger charge is 2.00. The molecule has 0 saturated carbocycles. The lowest BCUT2D eigenvalue weighted by Gasteiger charge is -2.02. The third-order valence-electron chi connectivity index (χ3n) is 2.67. The summed E-state index contributed by atoms with van der Waals surface area (Å²) in [6.07, 6.45) is 1.62. The molecule has 6 heteroatoms. The highest BCUT2D eigenvalue weighted by atomic mass is 79.9. The molecule has 0 saturated heterocycles. The first-order valence-corrected chi connectivity index (χ1v) is 8.86. The fourth-order valence-corrected chi connectivity index (χ4v) is 2.96. The Bertz CT molecular complexity index is 661. The maximum absolute atomic E-state index is 11.7. The topological polar surface area (TPSA) is 41.5 Å². The second kappa shape index (κ2) is 8.98. The van der Waals surface area contributed by atoms with Gasteiger partial charge in [0.15, 0.2) is 0 Å². The maximum Gasteiger partial charge on any atom is 0.250 e. The van der Waals surface area contributed by atoms with Crippen molar-refractivity contribution in [2.45, 2.75) is 5.75 Å². The van der Waals surface area contributed by atoms with E-state index >= 15 is 0 Å². The van der Waals surface area contributed by atoms with Crippen molar-refractivity contribution < 1.29 is 4.79 Å². The smallest absolute Gasteiger partial charge is 0.250 e. The van der Waals surface area contributed by atoms with Crippen LogP contribution in [0.15, 0.2) is 58.1 Å². The molecule has 0 aliphatic carbocycles. The zero-order chi connectivity index (χ0) is 15.8. The van der Waals surface area contributed by atoms with Gasteiger partial charge in [0.05, 0.1) is 12.0 Å². The van der Waals surface area contributed by atoms with E-state index in [2.05, 4.69) is 26.5 Å². The van der Waals surface area contributed by atoms with Gasteiger partial charge < -0.3 is 0 Å². The third-order valence-corrected chi connectivity index (χ3v) is 4.42. The van der Waals surface area contributed by atoms with Crippen LogP contribution in [0.5, 0.6) is 0 Å². The zero-order valence-corrected chi connectivity index (χ0v) is 14.8. The Balaban J connectivity index is 1.70. The van der Waals surface area contributed by atoms with Gasteiger partial charge in [0.1, 0.15) is 0 Å². The summed E-state index contributed by atoms with van der Waals surface area (Å²) in [6.45, 7) is 0. The van der Waals surface area contributed by atoms with Gasteiger partial charge in [0, 0.05) is 15.2 Å². The molecule has 2 rings (SSSR count). The van der Waals surface area contributed by atoms with E-state index in [0.29, 0.717) is 10.8 Å². The lowest BCUT2D eigenvalue weighted by molar-refractivity contribution is -0.118. The number of hydrogen-bond acceptors (Lipinski definition) is 3. The highest BCUT2D eigenvalue weighted by molar-refractivity contribution is 9.10. The van der Waals surface area contributed by atoms with E-state index in [0.717, 1.165) is 21.4 Å². The molecule has 0 unspecified atom stereocenters. The van der Waals surface area contributed by atoms with Gasteiger partial charge in [-0.25, -0.2) is 5.43 Å². The van der Waals surface area contributed by atoms with Crippen molar-refractivity contribution in [3.63, 3.8) is 0 Å². The number of hydrogen-bond donors (Lipinski definition) is 1. The molecule has 2 aromatic carbocycles. The molecule has 0 aliphatic rings. The lowest BCUT2D eigenvalue weighted by atomic mass is 10.2. The van der Waals surface area contributed by atoms with Gasteiger partial charge in [-0.3, -0.25) is 4.79 Å². The molecule has 22 heavy (non-hydrogen) atoms. The van der Waals surface area contributed by atoms with Gasteiger partial charge in [-0.15, -0.1) is 11.8 Å². The average molecular weight is 398 g/mol. The van der Waals surface area contributed by atoms with Crippen LogP contribution in [0, 0.1) is 0 Å². The quantitative estimate of drug-likeness (QED) is 0.576. The number of benzene rings is 2. The molecule has 1 amide bonds. The van der Waals surface area contributed by atoms with Crippen molar-refractivity contribution in [1.29, 1.82) is 0 Å². The Morgan fingerprint density at radius 2 is 2.05 bits per heavy atom. The number of nitrogens with one attached hydrogen (secondary N) is 1. The summed E-state index contributed by atoms with van der Waals surface area (Å²) in [5.41, 5.74) is 4.58. The van der Waals surface area contributed by atoms with Crippen molar-refractivity contribution in [3.8, 4) is 0 Å². The lowest BCUT2D eigenvalue weighted by Crippen LogP contribution is -2.19. The van der Waals surface area contributed by atoms with Gasteiger partial charge in [-0.1, -0.05) is 51.8 Å². The normalized spacial score (nSPS) is 10.8. The minimum absolute atomic E-state index is 0.120. The molecule has 0 aromatic heterocycles. The van der Waals surface area contributed by atoms with Crippen molar-refractivity contribution in [3.05, 3.63) is 69.2 Å². The number of amides is 1. The van der Waals surface area contributed by atoms with Crippen LogP contribution in [-0.4, -0.2) is 17.9 Å². The molecule has 114 valence electrons. The van der Waals surface area contributed by atoms with E-state index < -0.39 is 0 Å². The summed E-state index contributed by atoms with van der Waals surface area (Å²) in [4.78, 5) is 11.7. The van der Waals surface area contributed by atoms with Crippen LogP contribution in [0.25, 0.3) is 0 Å². The van der Waals surface area contributed by atoms with Gasteiger partial charge in [0.25, 0.3) is 0 Å². The van der Waals surface area contributed by atoms with Crippen LogP contribution in [0.1, 0.15) is 11.1 Å². The van der Waals surface area contributed by atoms with E-state index in [-0.39, 0.29) is 5.91 Å². The molecular weight excluding hydrogens is 384 g/mol. The molecule has 0 heterocycles. The molecule has 2 aromatic rings. The van der Waals surface area contributed by atoms with Gasteiger partial charge in [-0.05, 0) is 35.4 Å². The summed E-state index contributed by atoms with van der Waals surface area (Å²) >= 11 is 10.7. The molecule has 0 aliphatic heterocycles. The Hall–Kier alpha value is -1.30. The molecular formula is C16H14BrClN2OS. The molecule has 3 nitrogen and oxygen atoms in total. The first-order valence-electron chi connectivity index (χ1n) is 6.53. The van der Waals surface area contributed by atoms with Crippen LogP contribution in [0.3, 0.4) is 0 Å². The van der Waals surface area contributed by atoms with Crippen molar-refractivity contribution in [2.75, 3.05) is 5.75 Å². The van der Waals surface area contributed by atoms with Gasteiger partial charge in [-0.2, -0.15) is 5.10 Å². The first-order chi connectivity index (χ1) is 10.6. The van der Waals surface area contributed by atoms with Crippen molar-refractivity contribution in [1.82, 2.24) is 5.43 Å².